The summed E-state index contributed by atoms with van der Waals surface area (Å²) in [7, 11) is 0. The summed E-state index contributed by atoms with van der Waals surface area (Å²) in [6.45, 7) is 4.50. The van der Waals surface area contributed by atoms with Crippen LogP contribution in [0.4, 0.5) is 0 Å². The SMILES string of the molecule is CCCCc1ccc(-c2cc(Br)c3c(c2)C(C)C=C3)cc1. The van der Waals surface area contributed by atoms with Gasteiger partial charge in [-0.2, -0.15) is 0 Å². The van der Waals surface area contributed by atoms with E-state index in [1.807, 2.05) is 0 Å². The molecule has 0 nitrogen and oxygen atoms in total. The van der Waals surface area contributed by atoms with Gasteiger partial charge in [-0.1, -0.05) is 72.6 Å². The minimum atomic E-state index is 0.514. The molecule has 0 saturated heterocycles. The molecule has 2 aromatic carbocycles. The number of fused-ring (bicyclic) bond motifs is 1. The van der Waals surface area contributed by atoms with E-state index in [-0.39, 0.29) is 0 Å². The maximum Gasteiger partial charge on any atom is 0.0256 e. The van der Waals surface area contributed by atoms with Crippen molar-refractivity contribution in [3.05, 3.63) is 63.6 Å². The van der Waals surface area contributed by atoms with Crippen molar-refractivity contribution in [1.29, 1.82) is 0 Å². The molecule has 0 bridgehead atoms. The van der Waals surface area contributed by atoms with Gasteiger partial charge in [-0.15, -0.1) is 0 Å². The van der Waals surface area contributed by atoms with Crippen LogP contribution in [-0.2, 0) is 6.42 Å². The minimum absolute atomic E-state index is 0.514. The average molecular weight is 341 g/mol. The Morgan fingerprint density at radius 1 is 1.05 bits per heavy atom. The molecule has 1 aliphatic rings. The lowest BCUT2D eigenvalue weighted by Crippen LogP contribution is -1.91. The number of halogens is 1. The molecule has 1 atom stereocenters. The summed E-state index contributed by atoms with van der Waals surface area (Å²) < 4.78 is 1.20. The highest BCUT2D eigenvalue weighted by Crippen LogP contribution is 2.38. The van der Waals surface area contributed by atoms with Gasteiger partial charge >= 0.3 is 0 Å². The average Bonchev–Trinajstić information content (AvgIpc) is 2.88. The molecule has 3 rings (SSSR count). The Balaban J connectivity index is 1.91. The topological polar surface area (TPSA) is 0 Å². The predicted molar refractivity (Wildman–Crippen MR) is 95.6 cm³/mol. The Labute approximate surface area is 136 Å². The van der Waals surface area contributed by atoms with E-state index in [0.717, 1.165) is 0 Å². The smallest absolute Gasteiger partial charge is 0.0256 e. The van der Waals surface area contributed by atoms with Crippen molar-refractivity contribution >= 4 is 22.0 Å². The van der Waals surface area contributed by atoms with E-state index in [1.54, 1.807) is 0 Å². The first-order chi connectivity index (χ1) is 10.2. The Kier molecular flexibility index (Phi) is 4.30. The molecule has 0 saturated carbocycles. The summed E-state index contributed by atoms with van der Waals surface area (Å²) >= 11 is 3.72. The standard InChI is InChI=1S/C20H21Br/c1-3-4-5-15-7-9-16(10-8-15)17-12-19-14(2)6-11-18(19)20(21)13-17/h6-14H,3-5H2,1-2H3. The van der Waals surface area contributed by atoms with E-state index in [9.17, 15) is 0 Å². The predicted octanol–water partition coefficient (Wildman–Crippen LogP) is 6.59. The summed E-state index contributed by atoms with van der Waals surface area (Å²) in [4.78, 5) is 0. The van der Waals surface area contributed by atoms with Crippen LogP contribution in [0.1, 0.15) is 49.3 Å². The number of aryl methyl sites for hydroxylation is 1. The Bertz CT molecular complexity index is 665. The molecule has 0 aliphatic heterocycles. The lowest BCUT2D eigenvalue weighted by Gasteiger charge is -2.11. The Morgan fingerprint density at radius 3 is 2.52 bits per heavy atom. The monoisotopic (exact) mass is 340 g/mol. The van der Waals surface area contributed by atoms with Gasteiger partial charge in [0, 0.05) is 4.47 Å². The maximum atomic E-state index is 3.72. The first-order valence-corrected chi connectivity index (χ1v) is 8.59. The molecule has 0 heterocycles. The van der Waals surface area contributed by atoms with E-state index in [4.69, 9.17) is 0 Å². The second-order valence-electron chi connectivity index (χ2n) is 5.91. The van der Waals surface area contributed by atoms with E-state index < -0.39 is 0 Å². The van der Waals surface area contributed by atoms with Crippen LogP contribution in [-0.4, -0.2) is 0 Å². The molecule has 0 radical (unpaired) electrons. The van der Waals surface area contributed by atoms with E-state index >= 15 is 0 Å². The van der Waals surface area contributed by atoms with E-state index in [1.165, 1.54) is 51.6 Å². The van der Waals surface area contributed by atoms with Crippen LogP contribution < -0.4 is 0 Å². The van der Waals surface area contributed by atoms with Crippen LogP contribution >= 0.6 is 15.9 Å². The lowest BCUT2D eigenvalue weighted by molar-refractivity contribution is 0.795. The summed E-state index contributed by atoms with van der Waals surface area (Å²) in [6, 6.07) is 13.6. The van der Waals surface area contributed by atoms with Crippen molar-refractivity contribution in [2.24, 2.45) is 0 Å². The fourth-order valence-corrected chi connectivity index (χ4v) is 3.56. The van der Waals surface area contributed by atoms with Crippen molar-refractivity contribution in [2.75, 3.05) is 0 Å². The van der Waals surface area contributed by atoms with Crippen molar-refractivity contribution in [1.82, 2.24) is 0 Å². The third-order valence-corrected chi connectivity index (χ3v) is 4.97. The first-order valence-electron chi connectivity index (χ1n) is 7.80. The number of rotatable bonds is 4. The first kappa shape index (κ1) is 14.6. The van der Waals surface area contributed by atoms with Crippen LogP contribution in [0.3, 0.4) is 0 Å². The van der Waals surface area contributed by atoms with Crippen molar-refractivity contribution in [3.8, 4) is 11.1 Å². The van der Waals surface area contributed by atoms with Gasteiger partial charge in [0.15, 0.2) is 0 Å². The molecule has 2 aromatic rings. The highest BCUT2D eigenvalue weighted by atomic mass is 79.9. The minimum Gasteiger partial charge on any atom is -0.0766 e. The molecule has 108 valence electrons. The van der Waals surface area contributed by atoms with Gasteiger partial charge < -0.3 is 0 Å². The van der Waals surface area contributed by atoms with Gasteiger partial charge in [-0.25, -0.2) is 0 Å². The molecule has 21 heavy (non-hydrogen) atoms. The third-order valence-electron chi connectivity index (χ3n) is 4.31. The number of benzene rings is 2. The van der Waals surface area contributed by atoms with Gasteiger partial charge in [0.25, 0.3) is 0 Å². The molecule has 1 heteroatoms. The van der Waals surface area contributed by atoms with Gasteiger partial charge in [0.2, 0.25) is 0 Å². The highest BCUT2D eigenvalue weighted by Gasteiger charge is 2.16. The van der Waals surface area contributed by atoms with Crippen molar-refractivity contribution < 1.29 is 0 Å². The van der Waals surface area contributed by atoms with E-state index in [2.05, 4.69) is 78.3 Å². The van der Waals surface area contributed by atoms with Crippen LogP contribution in [0.2, 0.25) is 0 Å². The van der Waals surface area contributed by atoms with Crippen molar-refractivity contribution in [3.63, 3.8) is 0 Å². The third kappa shape index (κ3) is 2.98. The zero-order valence-electron chi connectivity index (χ0n) is 12.7. The maximum absolute atomic E-state index is 3.72. The molecule has 0 N–H and O–H groups in total. The van der Waals surface area contributed by atoms with Crippen molar-refractivity contribution in [2.45, 2.75) is 39.0 Å². The fourth-order valence-electron chi connectivity index (χ4n) is 2.95. The van der Waals surface area contributed by atoms with Crippen LogP contribution in [0.5, 0.6) is 0 Å². The molecule has 0 amide bonds. The highest BCUT2D eigenvalue weighted by molar-refractivity contribution is 9.10. The number of unbranched alkanes of at least 4 members (excludes halogenated alkanes) is 1. The number of hydrogen-bond acceptors (Lipinski definition) is 0. The molecule has 1 unspecified atom stereocenters. The van der Waals surface area contributed by atoms with Crippen LogP contribution in [0.25, 0.3) is 17.2 Å². The van der Waals surface area contributed by atoms with Crippen LogP contribution in [0.15, 0.2) is 46.9 Å². The van der Waals surface area contributed by atoms with Gasteiger partial charge in [0.05, 0.1) is 0 Å². The normalized spacial score (nSPS) is 16.2. The zero-order chi connectivity index (χ0) is 14.8. The molecular formula is C20H21Br. The largest absolute Gasteiger partial charge is 0.0766 e. The summed E-state index contributed by atoms with van der Waals surface area (Å²) in [5, 5.41) is 0. The summed E-state index contributed by atoms with van der Waals surface area (Å²) in [5.41, 5.74) is 6.81. The van der Waals surface area contributed by atoms with Crippen LogP contribution in [0, 0.1) is 0 Å². The van der Waals surface area contributed by atoms with Gasteiger partial charge in [-0.05, 0) is 58.7 Å². The van der Waals surface area contributed by atoms with E-state index in [0.29, 0.717) is 5.92 Å². The van der Waals surface area contributed by atoms with Gasteiger partial charge in [0.1, 0.15) is 0 Å². The Morgan fingerprint density at radius 2 is 1.81 bits per heavy atom. The van der Waals surface area contributed by atoms with Gasteiger partial charge in [-0.3, -0.25) is 0 Å². The lowest BCUT2D eigenvalue weighted by atomic mass is 9.95. The second kappa shape index (κ2) is 6.19. The molecule has 0 aromatic heterocycles. The number of allylic oxidation sites excluding steroid dienone is 1. The molecular weight excluding hydrogens is 320 g/mol. The molecule has 0 fully saturated rings. The molecule has 0 spiro atoms. The quantitative estimate of drug-likeness (QED) is 0.588. The summed E-state index contributed by atoms with van der Waals surface area (Å²) in [5.74, 6) is 0.514. The fraction of sp³-hybridized carbons (Fsp3) is 0.300. The number of hydrogen-bond donors (Lipinski definition) is 0. The Hall–Kier alpha value is -1.34. The molecule has 1 aliphatic carbocycles. The zero-order valence-corrected chi connectivity index (χ0v) is 14.3. The second-order valence-corrected chi connectivity index (χ2v) is 6.76. The summed E-state index contributed by atoms with van der Waals surface area (Å²) in [6.07, 6.45) is 8.21.